The standard InChI is InChI=1S/C20H19ClN2O4/c1-2-22-20(26)15-4-3-5-17(12-15)23-18(24)13-27-19(25)11-8-14-6-9-16(21)10-7-14/h3-12H,2,13H2,1H3,(H,22,26)(H,23,24)/b11-8+. The van der Waals surface area contributed by atoms with Gasteiger partial charge in [-0.1, -0.05) is 29.8 Å². The van der Waals surface area contributed by atoms with Crippen LogP contribution in [0.3, 0.4) is 0 Å². The summed E-state index contributed by atoms with van der Waals surface area (Å²) < 4.78 is 4.89. The van der Waals surface area contributed by atoms with Crippen LogP contribution in [0.25, 0.3) is 6.08 Å². The van der Waals surface area contributed by atoms with Crippen molar-refractivity contribution in [3.05, 3.63) is 70.8 Å². The van der Waals surface area contributed by atoms with Crippen LogP contribution in [0.5, 0.6) is 0 Å². The summed E-state index contributed by atoms with van der Waals surface area (Å²) in [6, 6.07) is 13.4. The quantitative estimate of drug-likeness (QED) is 0.565. The maximum absolute atomic E-state index is 11.9. The lowest BCUT2D eigenvalue weighted by Crippen LogP contribution is -2.23. The normalized spacial score (nSPS) is 10.4. The zero-order valence-electron chi connectivity index (χ0n) is 14.7. The highest BCUT2D eigenvalue weighted by Crippen LogP contribution is 2.11. The molecule has 0 bridgehead atoms. The van der Waals surface area contributed by atoms with E-state index in [0.717, 1.165) is 5.56 Å². The molecule has 2 amide bonds. The van der Waals surface area contributed by atoms with Gasteiger partial charge in [0.2, 0.25) is 0 Å². The van der Waals surface area contributed by atoms with Crippen molar-refractivity contribution in [2.75, 3.05) is 18.5 Å². The predicted molar refractivity (Wildman–Crippen MR) is 105 cm³/mol. The van der Waals surface area contributed by atoms with Crippen LogP contribution in [0, 0.1) is 0 Å². The Morgan fingerprint density at radius 3 is 2.56 bits per heavy atom. The van der Waals surface area contributed by atoms with Gasteiger partial charge >= 0.3 is 5.97 Å². The van der Waals surface area contributed by atoms with Gasteiger partial charge in [-0.05, 0) is 48.9 Å². The second-order valence-electron chi connectivity index (χ2n) is 5.48. The Bertz CT molecular complexity index is 847. The van der Waals surface area contributed by atoms with Crippen molar-refractivity contribution in [3.63, 3.8) is 0 Å². The molecule has 0 unspecified atom stereocenters. The van der Waals surface area contributed by atoms with Gasteiger partial charge in [-0.25, -0.2) is 4.79 Å². The molecule has 0 radical (unpaired) electrons. The number of halogens is 1. The average Bonchev–Trinajstić information content (AvgIpc) is 2.66. The third-order valence-electron chi connectivity index (χ3n) is 3.37. The minimum atomic E-state index is -0.642. The van der Waals surface area contributed by atoms with Crippen molar-refractivity contribution >= 4 is 41.1 Å². The highest BCUT2D eigenvalue weighted by molar-refractivity contribution is 6.30. The first kappa shape index (κ1) is 20.2. The number of anilines is 1. The molecular weight excluding hydrogens is 368 g/mol. The summed E-state index contributed by atoms with van der Waals surface area (Å²) in [5, 5.41) is 5.86. The van der Waals surface area contributed by atoms with Gasteiger partial charge in [0, 0.05) is 28.9 Å². The molecule has 0 fully saturated rings. The first-order valence-electron chi connectivity index (χ1n) is 8.26. The van der Waals surface area contributed by atoms with E-state index in [4.69, 9.17) is 16.3 Å². The fourth-order valence-electron chi connectivity index (χ4n) is 2.12. The van der Waals surface area contributed by atoms with Crippen molar-refractivity contribution in [1.29, 1.82) is 0 Å². The van der Waals surface area contributed by atoms with Crippen LogP contribution in [-0.4, -0.2) is 30.9 Å². The van der Waals surface area contributed by atoms with Crippen molar-refractivity contribution in [3.8, 4) is 0 Å². The van der Waals surface area contributed by atoms with Gasteiger partial charge in [-0.2, -0.15) is 0 Å². The molecule has 0 atom stereocenters. The lowest BCUT2D eigenvalue weighted by atomic mass is 10.2. The van der Waals surface area contributed by atoms with Crippen molar-refractivity contribution in [2.24, 2.45) is 0 Å². The van der Waals surface area contributed by atoms with Crippen LogP contribution in [0.15, 0.2) is 54.6 Å². The van der Waals surface area contributed by atoms with Crippen LogP contribution in [0.4, 0.5) is 5.69 Å². The molecule has 0 aliphatic heterocycles. The number of benzene rings is 2. The monoisotopic (exact) mass is 386 g/mol. The van der Waals surface area contributed by atoms with Crippen LogP contribution < -0.4 is 10.6 Å². The Kier molecular flexibility index (Phi) is 7.58. The van der Waals surface area contributed by atoms with E-state index in [9.17, 15) is 14.4 Å². The summed E-state index contributed by atoms with van der Waals surface area (Å²) >= 11 is 5.79. The number of esters is 1. The Morgan fingerprint density at radius 2 is 1.85 bits per heavy atom. The molecule has 2 N–H and O–H groups in total. The third-order valence-corrected chi connectivity index (χ3v) is 3.63. The summed E-state index contributed by atoms with van der Waals surface area (Å²) in [5.41, 5.74) is 1.65. The van der Waals surface area contributed by atoms with E-state index < -0.39 is 18.5 Å². The van der Waals surface area contributed by atoms with E-state index in [1.165, 1.54) is 6.08 Å². The molecule has 0 heterocycles. The van der Waals surface area contributed by atoms with Gasteiger partial charge in [0.1, 0.15) is 0 Å². The Balaban J connectivity index is 1.83. The molecule has 0 aromatic heterocycles. The lowest BCUT2D eigenvalue weighted by molar-refractivity contribution is -0.142. The van der Waals surface area contributed by atoms with Gasteiger partial charge in [0.25, 0.3) is 11.8 Å². The number of amides is 2. The summed E-state index contributed by atoms with van der Waals surface area (Å²) in [7, 11) is 0. The molecule has 27 heavy (non-hydrogen) atoms. The van der Waals surface area contributed by atoms with E-state index in [2.05, 4.69) is 10.6 Å². The molecule has 0 spiro atoms. The first-order chi connectivity index (χ1) is 13.0. The zero-order valence-corrected chi connectivity index (χ0v) is 15.5. The molecule has 6 nitrogen and oxygen atoms in total. The highest BCUT2D eigenvalue weighted by Gasteiger charge is 2.08. The Hall–Kier alpha value is -3.12. The van der Waals surface area contributed by atoms with Gasteiger partial charge in [0.15, 0.2) is 6.61 Å². The number of carbonyl (C=O) groups is 3. The smallest absolute Gasteiger partial charge is 0.331 e. The highest BCUT2D eigenvalue weighted by atomic mass is 35.5. The zero-order chi connectivity index (χ0) is 19.6. The molecule has 0 aliphatic rings. The average molecular weight is 387 g/mol. The molecule has 2 rings (SSSR count). The third kappa shape index (κ3) is 6.95. The number of hydrogen-bond donors (Lipinski definition) is 2. The summed E-state index contributed by atoms with van der Waals surface area (Å²) in [6.45, 7) is 1.89. The first-order valence-corrected chi connectivity index (χ1v) is 8.64. The van der Waals surface area contributed by atoms with Gasteiger partial charge in [0.05, 0.1) is 0 Å². The minimum Gasteiger partial charge on any atom is -0.452 e. The van der Waals surface area contributed by atoms with Crippen LogP contribution in [0.1, 0.15) is 22.8 Å². The van der Waals surface area contributed by atoms with Gasteiger partial charge < -0.3 is 15.4 Å². The predicted octanol–water partition coefficient (Wildman–Crippen LogP) is 3.28. The number of ether oxygens (including phenoxy) is 1. The van der Waals surface area contributed by atoms with E-state index in [-0.39, 0.29) is 5.91 Å². The Labute approximate surface area is 162 Å². The molecule has 2 aromatic carbocycles. The maximum Gasteiger partial charge on any atom is 0.331 e. The molecule has 7 heteroatoms. The molecule has 0 saturated heterocycles. The maximum atomic E-state index is 11.9. The molecule has 140 valence electrons. The minimum absolute atomic E-state index is 0.229. The van der Waals surface area contributed by atoms with Crippen LogP contribution in [0.2, 0.25) is 5.02 Å². The van der Waals surface area contributed by atoms with Gasteiger partial charge in [-0.3, -0.25) is 9.59 Å². The lowest BCUT2D eigenvalue weighted by Gasteiger charge is -2.07. The largest absolute Gasteiger partial charge is 0.452 e. The fraction of sp³-hybridized carbons (Fsp3) is 0.150. The van der Waals surface area contributed by atoms with E-state index in [1.807, 2.05) is 6.92 Å². The topological polar surface area (TPSA) is 84.5 Å². The SMILES string of the molecule is CCNC(=O)c1cccc(NC(=O)COC(=O)/C=C/c2ccc(Cl)cc2)c1. The summed E-state index contributed by atoms with van der Waals surface area (Å²) in [5.74, 6) is -1.38. The van der Waals surface area contributed by atoms with E-state index >= 15 is 0 Å². The number of rotatable bonds is 7. The number of hydrogen-bond acceptors (Lipinski definition) is 4. The molecule has 2 aromatic rings. The number of carbonyl (C=O) groups excluding carboxylic acids is 3. The summed E-state index contributed by atoms with van der Waals surface area (Å²) in [4.78, 5) is 35.4. The Morgan fingerprint density at radius 1 is 1.11 bits per heavy atom. The molecule has 0 saturated carbocycles. The molecular formula is C20H19ClN2O4. The second-order valence-corrected chi connectivity index (χ2v) is 5.92. The van der Waals surface area contributed by atoms with E-state index in [0.29, 0.717) is 22.8 Å². The van der Waals surface area contributed by atoms with Crippen molar-refractivity contribution in [1.82, 2.24) is 5.32 Å². The van der Waals surface area contributed by atoms with Crippen molar-refractivity contribution < 1.29 is 19.1 Å². The van der Waals surface area contributed by atoms with Crippen LogP contribution in [-0.2, 0) is 14.3 Å². The summed E-state index contributed by atoms with van der Waals surface area (Å²) in [6.07, 6.45) is 2.79. The molecule has 0 aliphatic carbocycles. The van der Waals surface area contributed by atoms with Crippen LogP contribution >= 0.6 is 11.6 Å². The second kappa shape index (κ2) is 10.1. The van der Waals surface area contributed by atoms with Crippen molar-refractivity contribution in [2.45, 2.75) is 6.92 Å². The van der Waals surface area contributed by atoms with Gasteiger partial charge in [-0.15, -0.1) is 0 Å². The fourth-order valence-corrected chi connectivity index (χ4v) is 2.25. The van der Waals surface area contributed by atoms with E-state index in [1.54, 1.807) is 54.6 Å². The number of nitrogens with one attached hydrogen (secondary N) is 2.